The third-order valence-corrected chi connectivity index (χ3v) is 3.04. The Morgan fingerprint density at radius 2 is 2.20 bits per heavy atom. The molecule has 2 atom stereocenters. The van der Waals surface area contributed by atoms with Crippen LogP contribution in [0.3, 0.4) is 0 Å². The molecule has 4 heteroatoms. The molecular formula is C11H19N3O. The molecule has 1 saturated carbocycles. The Kier molecular flexibility index (Phi) is 3.05. The van der Waals surface area contributed by atoms with Crippen molar-refractivity contribution in [3.05, 3.63) is 11.7 Å². The quantitative estimate of drug-likeness (QED) is 0.810. The third-order valence-electron chi connectivity index (χ3n) is 3.04. The molecule has 2 N–H and O–H groups in total. The van der Waals surface area contributed by atoms with Crippen LogP contribution in [-0.2, 0) is 0 Å². The van der Waals surface area contributed by atoms with E-state index < -0.39 is 0 Å². The Morgan fingerprint density at radius 1 is 1.40 bits per heavy atom. The average Bonchev–Trinajstić information content (AvgIpc) is 2.66. The van der Waals surface area contributed by atoms with Crippen molar-refractivity contribution < 1.29 is 4.52 Å². The summed E-state index contributed by atoms with van der Waals surface area (Å²) in [6.45, 7) is 4.14. The largest absolute Gasteiger partial charge is 0.339 e. The van der Waals surface area contributed by atoms with Crippen molar-refractivity contribution in [2.45, 2.75) is 57.4 Å². The van der Waals surface area contributed by atoms with Crippen LogP contribution in [0.25, 0.3) is 0 Å². The molecule has 0 aliphatic heterocycles. The van der Waals surface area contributed by atoms with E-state index in [0.717, 1.165) is 31.0 Å². The fourth-order valence-corrected chi connectivity index (χ4v) is 2.10. The second kappa shape index (κ2) is 4.31. The van der Waals surface area contributed by atoms with Gasteiger partial charge in [0.25, 0.3) is 0 Å². The van der Waals surface area contributed by atoms with E-state index >= 15 is 0 Å². The van der Waals surface area contributed by atoms with Crippen LogP contribution >= 0.6 is 0 Å². The van der Waals surface area contributed by atoms with E-state index in [4.69, 9.17) is 10.3 Å². The van der Waals surface area contributed by atoms with Crippen molar-refractivity contribution >= 4 is 0 Å². The van der Waals surface area contributed by atoms with Gasteiger partial charge in [-0.2, -0.15) is 4.98 Å². The zero-order valence-electron chi connectivity index (χ0n) is 9.44. The molecular weight excluding hydrogens is 190 g/mol. The van der Waals surface area contributed by atoms with Crippen molar-refractivity contribution in [2.75, 3.05) is 0 Å². The van der Waals surface area contributed by atoms with Crippen LogP contribution < -0.4 is 5.73 Å². The van der Waals surface area contributed by atoms with Crippen LogP contribution in [0.2, 0.25) is 0 Å². The third kappa shape index (κ3) is 2.37. The van der Waals surface area contributed by atoms with Crippen LogP contribution in [-0.4, -0.2) is 16.2 Å². The maximum absolute atomic E-state index is 5.94. The standard InChI is InChI=1S/C11H19N3O/c1-7(2)10-13-11(15-14-10)8-4-3-5-9(12)6-8/h7-9H,3-6,12H2,1-2H3. The van der Waals surface area contributed by atoms with Crippen LogP contribution in [0.15, 0.2) is 4.52 Å². The lowest BCUT2D eigenvalue weighted by molar-refractivity contribution is 0.297. The molecule has 4 nitrogen and oxygen atoms in total. The first kappa shape index (κ1) is 10.6. The van der Waals surface area contributed by atoms with Crippen molar-refractivity contribution in [1.29, 1.82) is 0 Å². The zero-order valence-corrected chi connectivity index (χ0v) is 9.44. The highest BCUT2D eigenvalue weighted by Crippen LogP contribution is 2.31. The van der Waals surface area contributed by atoms with Gasteiger partial charge in [0.05, 0.1) is 0 Å². The number of nitrogens with zero attached hydrogens (tertiary/aromatic N) is 2. The molecule has 2 unspecified atom stereocenters. The van der Waals surface area contributed by atoms with Crippen LogP contribution in [0, 0.1) is 0 Å². The number of nitrogens with two attached hydrogens (primary N) is 1. The Balaban J connectivity index is 2.08. The molecule has 84 valence electrons. The number of hydrogen-bond acceptors (Lipinski definition) is 4. The fraction of sp³-hybridized carbons (Fsp3) is 0.818. The van der Waals surface area contributed by atoms with Gasteiger partial charge >= 0.3 is 0 Å². The summed E-state index contributed by atoms with van der Waals surface area (Å²) in [7, 11) is 0. The van der Waals surface area contributed by atoms with E-state index in [9.17, 15) is 0 Å². The summed E-state index contributed by atoms with van der Waals surface area (Å²) in [4.78, 5) is 4.43. The van der Waals surface area contributed by atoms with Crippen molar-refractivity contribution in [1.82, 2.24) is 10.1 Å². The van der Waals surface area contributed by atoms with Crippen LogP contribution in [0.5, 0.6) is 0 Å². The summed E-state index contributed by atoms with van der Waals surface area (Å²) in [6.07, 6.45) is 4.42. The highest BCUT2D eigenvalue weighted by molar-refractivity contribution is 4.99. The van der Waals surface area contributed by atoms with Gasteiger partial charge in [-0.1, -0.05) is 25.4 Å². The van der Waals surface area contributed by atoms with Gasteiger partial charge in [-0.05, 0) is 19.3 Å². The first-order chi connectivity index (χ1) is 7.16. The van der Waals surface area contributed by atoms with Gasteiger partial charge in [0, 0.05) is 17.9 Å². The number of hydrogen-bond donors (Lipinski definition) is 1. The van der Waals surface area contributed by atoms with E-state index in [1.807, 2.05) is 0 Å². The summed E-state index contributed by atoms with van der Waals surface area (Å²) in [5, 5.41) is 3.99. The summed E-state index contributed by atoms with van der Waals surface area (Å²) in [6, 6.07) is 0.304. The zero-order chi connectivity index (χ0) is 10.8. The van der Waals surface area contributed by atoms with Crippen LogP contribution in [0.4, 0.5) is 0 Å². The molecule has 15 heavy (non-hydrogen) atoms. The second-order valence-electron chi connectivity index (χ2n) is 4.77. The summed E-state index contributed by atoms with van der Waals surface area (Å²) >= 11 is 0. The van der Waals surface area contributed by atoms with Crippen molar-refractivity contribution in [3.63, 3.8) is 0 Å². The summed E-state index contributed by atoms with van der Waals surface area (Å²) in [5.74, 6) is 2.31. The van der Waals surface area contributed by atoms with Gasteiger partial charge in [0.15, 0.2) is 5.82 Å². The topological polar surface area (TPSA) is 64.9 Å². The van der Waals surface area contributed by atoms with E-state index in [1.165, 1.54) is 6.42 Å². The highest BCUT2D eigenvalue weighted by Gasteiger charge is 2.25. The first-order valence-corrected chi connectivity index (χ1v) is 5.76. The van der Waals surface area contributed by atoms with Gasteiger partial charge in [-0.25, -0.2) is 0 Å². The minimum atomic E-state index is 0.304. The molecule has 0 amide bonds. The number of rotatable bonds is 2. The van der Waals surface area contributed by atoms with Crippen LogP contribution in [0.1, 0.15) is 63.1 Å². The van der Waals surface area contributed by atoms with E-state index in [-0.39, 0.29) is 0 Å². The minimum Gasteiger partial charge on any atom is -0.339 e. The predicted molar refractivity (Wildman–Crippen MR) is 57.6 cm³/mol. The Hall–Kier alpha value is -0.900. The molecule has 1 aromatic heterocycles. The Labute approximate surface area is 90.2 Å². The lowest BCUT2D eigenvalue weighted by Gasteiger charge is -2.23. The first-order valence-electron chi connectivity index (χ1n) is 5.76. The monoisotopic (exact) mass is 209 g/mol. The van der Waals surface area contributed by atoms with Gasteiger partial charge in [0.1, 0.15) is 0 Å². The SMILES string of the molecule is CC(C)c1noc(C2CCCC(N)C2)n1. The highest BCUT2D eigenvalue weighted by atomic mass is 16.5. The fourth-order valence-electron chi connectivity index (χ4n) is 2.10. The predicted octanol–water partition coefficient (Wildman–Crippen LogP) is 2.18. The molecule has 1 aromatic rings. The Bertz CT molecular complexity index is 321. The molecule has 1 aliphatic carbocycles. The molecule has 0 aromatic carbocycles. The van der Waals surface area contributed by atoms with E-state index in [1.54, 1.807) is 0 Å². The van der Waals surface area contributed by atoms with Gasteiger partial charge in [0.2, 0.25) is 5.89 Å². The maximum atomic E-state index is 5.94. The molecule has 1 heterocycles. The maximum Gasteiger partial charge on any atom is 0.229 e. The average molecular weight is 209 g/mol. The van der Waals surface area contributed by atoms with E-state index in [0.29, 0.717) is 17.9 Å². The van der Waals surface area contributed by atoms with Gasteiger partial charge in [-0.15, -0.1) is 0 Å². The van der Waals surface area contributed by atoms with Crippen molar-refractivity contribution in [3.8, 4) is 0 Å². The normalized spacial score (nSPS) is 27.2. The van der Waals surface area contributed by atoms with Gasteiger partial charge < -0.3 is 10.3 Å². The minimum absolute atomic E-state index is 0.304. The molecule has 1 aliphatic rings. The second-order valence-corrected chi connectivity index (χ2v) is 4.77. The molecule has 0 spiro atoms. The number of aromatic nitrogens is 2. The lowest BCUT2D eigenvalue weighted by Crippen LogP contribution is -2.26. The van der Waals surface area contributed by atoms with Crippen molar-refractivity contribution in [2.24, 2.45) is 5.73 Å². The van der Waals surface area contributed by atoms with Gasteiger partial charge in [-0.3, -0.25) is 0 Å². The molecule has 0 saturated heterocycles. The molecule has 2 rings (SSSR count). The Morgan fingerprint density at radius 3 is 2.80 bits per heavy atom. The summed E-state index contributed by atoms with van der Waals surface area (Å²) < 4.78 is 5.30. The molecule has 1 fully saturated rings. The lowest BCUT2D eigenvalue weighted by atomic mass is 9.86. The molecule has 0 bridgehead atoms. The summed E-state index contributed by atoms with van der Waals surface area (Å²) in [5.41, 5.74) is 5.94. The van der Waals surface area contributed by atoms with E-state index in [2.05, 4.69) is 24.0 Å². The molecule has 0 radical (unpaired) electrons. The smallest absolute Gasteiger partial charge is 0.229 e.